The van der Waals surface area contributed by atoms with E-state index in [-0.39, 0.29) is 23.0 Å². The van der Waals surface area contributed by atoms with Gasteiger partial charge in [-0.1, -0.05) is 57.9 Å². The van der Waals surface area contributed by atoms with Crippen LogP contribution in [0.1, 0.15) is 27.5 Å². The van der Waals surface area contributed by atoms with Crippen molar-refractivity contribution in [3.63, 3.8) is 0 Å². The Morgan fingerprint density at radius 3 is 2.62 bits per heavy atom. The maximum absolute atomic E-state index is 14.1. The van der Waals surface area contributed by atoms with Gasteiger partial charge < -0.3 is 10.2 Å². The van der Waals surface area contributed by atoms with Crippen molar-refractivity contribution in [2.24, 2.45) is 0 Å². The molecule has 7 heteroatoms. The topological polar surface area (TPSA) is 49.4 Å². The lowest BCUT2D eigenvalue weighted by molar-refractivity contribution is -0.117. The number of hydrogen-bond acceptors (Lipinski definition) is 2. The molecule has 29 heavy (non-hydrogen) atoms. The Kier molecular flexibility index (Phi) is 5.39. The van der Waals surface area contributed by atoms with Crippen LogP contribution in [0.2, 0.25) is 5.02 Å². The monoisotopic (exact) mass is 472 g/mol. The Morgan fingerprint density at radius 1 is 1.10 bits per heavy atom. The average Bonchev–Trinajstić information content (AvgIpc) is 2.85. The summed E-state index contributed by atoms with van der Waals surface area (Å²) in [6.45, 7) is -0.197. The summed E-state index contributed by atoms with van der Waals surface area (Å²) >= 11 is 9.63. The highest BCUT2D eigenvalue weighted by Gasteiger charge is 2.34. The number of halogens is 3. The predicted molar refractivity (Wildman–Crippen MR) is 114 cm³/mol. The Balaban J connectivity index is 1.91. The molecule has 3 aromatic rings. The van der Waals surface area contributed by atoms with E-state index in [9.17, 15) is 14.0 Å². The minimum absolute atomic E-state index is 0.197. The minimum Gasteiger partial charge on any atom is -0.324 e. The zero-order valence-electron chi connectivity index (χ0n) is 15.0. The zero-order valence-corrected chi connectivity index (χ0v) is 17.4. The summed E-state index contributed by atoms with van der Waals surface area (Å²) in [7, 11) is 0. The third kappa shape index (κ3) is 3.91. The molecule has 4 rings (SSSR count). The molecular weight excluding hydrogens is 459 g/mol. The second-order valence-electron chi connectivity index (χ2n) is 6.65. The van der Waals surface area contributed by atoms with Gasteiger partial charge in [-0.25, -0.2) is 4.39 Å². The van der Waals surface area contributed by atoms with Crippen LogP contribution < -0.4 is 5.32 Å². The molecule has 1 N–H and O–H groups in total. The van der Waals surface area contributed by atoms with Gasteiger partial charge in [0.2, 0.25) is 5.91 Å². The smallest absolute Gasteiger partial charge is 0.256 e. The molecule has 1 aliphatic heterocycles. The molecule has 0 radical (unpaired) electrons. The number of hydrogen-bond donors (Lipinski definition) is 1. The Bertz CT molecular complexity index is 1110. The number of fused-ring (bicyclic) bond motifs is 1. The summed E-state index contributed by atoms with van der Waals surface area (Å²) in [5, 5.41) is 3.04. The van der Waals surface area contributed by atoms with E-state index in [1.807, 2.05) is 30.3 Å². The summed E-state index contributed by atoms with van der Waals surface area (Å²) in [5.41, 5.74) is 1.99. The maximum atomic E-state index is 14.1. The van der Waals surface area contributed by atoms with Crippen molar-refractivity contribution in [3.05, 3.63) is 98.7 Å². The fourth-order valence-corrected chi connectivity index (χ4v) is 4.04. The number of nitrogens with one attached hydrogen (secondary N) is 1. The first-order chi connectivity index (χ1) is 13.9. The van der Waals surface area contributed by atoms with Gasteiger partial charge in [0.1, 0.15) is 12.4 Å². The van der Waals surface area contributed by atoms with Crippen LogP contribution in [-0.4, -0.2) is 23.3 Å². The molecule has 1 heterocycles. The molecule has 0 aromatic heterocycles. The van der Waals surface area contributed by atoms with E-state index < -0.39 is 17.8 Å². The van der Waals surface area contributed by atoms with E-state index in [1.54, 1.807) is 18.2 Å². The molecular formula is C22H15BrClFN2O2. The molecule has 0 saturated heterocycles. The first-order valence-electron chi connectivity index (χ1n) is 8.84. The highest BCUT2D eigenvalue weighted by Crippen LogP contribution is 2.37. The first kappa shape index (κ1) is 19.6. The van der Waals surface area contributed by atoms with Crippen molar-refractivity contribution >= 4 is 45.0 Å². The van der Waals surface area contributed by atoms with Crippen molar-refractivity contribution < 1.29 is 14.0 Å². The van der Waals surface area contributed by atoms with Crippen LogP contribution in [0.5, 0.6) is 0 Å². The molecule has 1 aliphatic rings. The number of anilines is 1. The molecule has 0 unspecified atom stereocenters. The fraction of sp³-hybridized carbons (Fsp3) is 0.0909. The van der Waals surface area contributed by atoms with E-state index in [4.69, 9.17) is 11.6 Å². The van der Waals surface area contributed by atoms with Crippen LogP contribution in [0.3, 0.4) is 0 Å². The van der Waals surface area contributed by atoms with Crippen LogP contribution in [0.15, 0.2) is 71.2 Å². The molecule has 1 atom stereocenters. The molecule has 3 aromatic carbocycles. The lowest BCUT2D eigenvalue weighted by Crippen LogP contribution is -2.39. The molecule has 0 bridgehead atoms. The van der Waals surface area contributed by atoms with Gasteiger partial charge in [-0.15, -0.1) is 0 Å². The van der Waals surface area contributed by atoms with Gasteiger partial charge in [-0.2, -0.15) is 0 Å². The van der Waals surface area contributed by atoms with Crippen molar-refractivity contribution in [2.75, 3.05) is 11.9 Å². The van der Waals surface area contributed by atoms with Crippen LogP contribution in [0.25, 0.3) is 0 Å². The molecule has 0 saturated carbocycles. The van der Waals surface area contributed by atoms with Crippen molar-refractivity contribution in [3.8, 4) is 0 Å². The summed E-state index contributed by atoms with van der Waals surface area (Å²) in [5.74, 6) is -1.23. The van der Waals surface area contributed by atoms with Gasteiger partial charge >= 0.3 is 0 Å². The third-order valence-corrected chi connectivity index (χ3v) is 5.57. The van der Waals surface area contributed by atoms with Crippen LogP contribution in [-0.2, 0) is 4.79 Å². The second kappa shape index (κ2) is 7.97. The normalized spacial score (nSPS) is 16.0. The van der Waals surface area contributed by atoms with Crippen molar-refractivity contribution in [2.45, 2.75) is 6.04 Å². The van der Waals surface area contributed by atoms with E-state index in [1.165, 1.54) is 23.1 Å². The van der Waals surface area contributed by atoms with E-state index >= 15 is 0 Å². The number of rotatable bonds is 2. The Labute approximate surface area is 180 Å². The SMILES string of the molecule is O=C1CN(C(=O)c2cc(Br)ccc2Cl)[C@H](c2ccccc2)c2cc(F)ccc2N1. The summed E-state index contributed by atoms with van der Waals surface area (Å²) in [4.78, 5) is 27.5. The van der Waals surface area contributed by atoms with Crippen LogP contribution >= 0.6 is 27.5 Å². The molecule has 2 amide bonds. The van der Waals surface area contributed by atoms with Gasteiger partial charge in [-0.3, -0.25) is 9.59 Å². The van der Waals surface area contributed by atoms with Crippen LogP contribution in [0, 0.1) is 5.82 Å². The highest BCUT2D eigenvalue weighted by atomic mass is 79.9. The standard InChI is InChI=1S/C22H15BrClFN2O2/c23-14-6-8-18(24)16(10-14)22(29)27-12-20(28)26-19-9-7-15(25)11-17(19)21(27)13-4-2-1-3-5-13/h1-11,21H,12H2,(H,26,28)/t21-/m1/s1. The minimum atomic E-state index is -0.664. The maximum Gasteiger partial charge on any atom is 0.256 e. The van der Waals surface area contributed by atoms with Crippen molar-refractivity contribution in [1.82, 2.24) is 4.90 Å². The van der Waals surface area contributed by atoms with Gasteiger partial charge in [0.05, 0.1) is 16.6 Å². The van der Waals surface area contributed by atoms with Gasteiger partial charge in [0.15, 0.2) is 0 Å². The summed E-state index contributed by atoms with van der Waals surface area (Å²) in [6, 6.07) is 17.7. The third-order valence-electron chi connectivity index (χ3n) is 4.74. The van der Waals surface area contributed by atoms with E-state index in [0.717, 1.165) is 5.56 Å². The van der Waals surface area contributed by atoms with E-state index in [2.05, 4.69) is 21.2 Å². The lowest BCUT2D eigenvalue weighted by atomic mass is 9.95. The molecule has 0 aliphatic carbocycles. The molecule has 0 fully saturated rings. The number of nitrogens with zero attached hydrogens (tertiary/aromatic N) is 1. The number of amides is 2. The molecule has 146 valence electrons. The summed E-state index contributed by atoms with van der Waals surface area (Å²) in [6.07, 6.45) is 0. The van der Waals surface area contributed by atoms with Crippen LogP contribution in [0.4, 0.5) is 10.1 Å². The molecule has 4 nitrogen and oxygen atoms in total. The van der Waals surface area contributed by atoms with Gasteiger partial charge in [0.25, 0.3) is 5.91 Å². The second-order valence-corrected chi connectivity index (χ2v) is 7.97. The average molecular weight is 474 g/mol. The van der Waals surface area contributed by atoms with Gasteiger partial charge in [0, 0.05) is 15.7 Å². The quantitative estimate of drug-likeness (QED) is 0.540. The first-order valence-corrected chi connectivity index (χ1v) is 10.0. The predicted octanol–water partition coefficient (Wildman–Crippen LogP) is 5.43. The Hall–Kier alpha value is -2.70. The number of benzene rings is 3. The lowest BCUT2D eigenvalue weighted by Gasteiger charge is -2.31. The zero-order chi connectivity index (χ0) is 20.5. The fourth-order valence-electron chi connectivity index (χ4n) is 3.48. The largest absolute Gasteiger partial charge is 0.324 e. The number of carbonyl (C=O) groups excluding carboxylic acids is 2. The van der Waals surface area contributed by atoms with Gasteiger partial charge in [-0.05, 0) is 42.0 Å². The number of carbonyl (C=O) groups is 2. The van der Waals surface area contributed by atoms with Crippen molar-refractivity contribution in [1.29, 1.82) is 0 Å². The Morgan fingerprint density at radius 2 is 1.86 bits per heavy atom. The summed E-state index contributed by atoms with van der Waals surface area (Å²) < 4.78 is 14.8. The molecule has 0 spiro atoms. The van der Waals surface area contributed by atoms with E-state index in [0.29, 0.717) is 15.7 Å². The highest BCUT2D eigenvalue weighted by molar-refractivity contribution is 9.10.